The monoisotopic (exact) mass is 344 g/mol. The minimum absolute atomic E-state index is 0.0626. The number of nitro groups is 1. The summed E-state index contributed by atoms with van der Waals surface area (Å²) in [5.41, 5.74) is 2.08. The lowest BCUT2D eigenvalue weighted by molar-refractivity contribution is -0.384. The predicted molar refractivity (Wildman–Crippen MR) is 93.9 cm³/mol. The molecule has 0 bridgehead atoms. The van der Waals surface area contributed by atoms with Crippen molar-refractivity contribution in [1.82, 2.24) is 0 Å². The number of non-ortho nitro benzene ring substituents is 1. The minimum Gasteiger partial charge on any atom is -0.490 e. The van der Waals surface area contributed by atoms with E-state index in [1.165, 1.54) is 23.1 Å². The van der Waals surface area contributed by atoms with Crippen LogP contribution in [0.15, 0.2) is 42.5 Å². The summed E-state index contributed by atoms with van der Waals surface area (Å²) in [4.78, 5) is 24.9. The van der Waals surface area contributed by atoms with Crippen LogP contribution >= 0.6 is 11.8 Å². The Balaban J connectivity index is 1.91. The lowest BCUT2D eigenvalue weighted by atomic mass is 10.1. The highest BCUT2D eigenvalue weighted by Gasteiger charge is 2.26. The first-order valence-corrected chi connectivity index (χ1v) is 8.80. The molecule has 0 N–H and O–H groups in total. The van der Waals surface area contributed by atoms with Gasteiger partial charge in [0.2, 0.25) is 0 Å². The zero-order valence-electron chi connectivity index (χ0n) is 13.1. The third-order valence-corrected chi connectivity index (χ3v) is 4.40. The Labute approximate surface area is 143 Å². The Hall–Kier alpha value is -2.54. The van der Waals surface area contributed by atoms with Crippen molar-refractivity contribution in [2.24, 2.45) is 0 Å². The second kappa shape index (κ2) is 6.92. The van der Waals surface area contributed by atoms with Gasteiger partial charge in [0.25, 0.3) is 11.6 Å². The minimum atomic E-state index is -0.477. The number of hydrogen-bond donors (Lipinski definition) is 0. The van der Waals surface area contributed by atoms with Crippen LogP contribution in [0.2, 0.25) is 0 Å². The topological polar surface area (TPSA) is 72.7 Å². The standard InChI is InChI=1S/C17H16N2O4S/c1-24-11-12-2-4-13(5-3-12)17(20)18-8-9-23-16-7-6-14(19(21)22)10-15(16)18/h2-7,10H,8-9,11H2,1H3. The molecule has 0 spiro atoms. The van der Waals surface area contributed by atoms with Gasteiger partial charge in [0.05, 0.1) is 17.2 Å². The number of benzene rings is 2. The zero-order chi connectivity index (χ0) is 17.1. The second-order valence-corrected chi connectivity index (χ2v) is 6.21. The fraction of sp³-hybridized carbons (Fsp3) is 0.235. The number of hydrogen-bond acceptors (Lipinski definition) is 5. The molecule has 0 saturated heterocycles. The van der Waals surface area contributed by atoms with Crippen molar-refractivity contribution in [1.29, 1.82) is 0 Å². The van der Waals surface area contributed by atoms with Gasteiger partial charge in [0.1, 0.15) is 12.4 Å². The Morgan fingerprint density at radius 3 is 2.71 bits per heavy atom. The lowest BCUT2D eigenvalue weighted by Crippen LogP contribution is -2.38. The first-order chi connectivity index (χ1) is 11.6. The maximum atomic E-state index is 12.8. The summed E-state index contributed by atoms with van der Waals surface area (Å²) in [5, 5.41) is 11.0. The average molecular weight is 344 g/mol. The summed E-state index contributed by atoms with van der Waals surface area (Å²) >= 11 is 1.72. The average Bonchev–Trinajstić information content (AvgIpc) is 2.61. The fourth-order valence-electron chi connectivity index (χ4n) is 2.60. The van der Waals surface area contributed by atoms with E-state index in [9.17, 15) is 14.9 Å². The quantitative estimate of drug-likeness (QED) is 0.627. The molecule has 0 unspecified atom stereocenters. The molecule has 1 amide bonds. The molecular formula is C17H16N2O4S. The first-order valence-electron chi connectivity index (χ1n) is 7.41. The summed E-state index contributed by atoms with van der Waals surface area (Å²) in [6.45, 7) is 0.723. The summed E-state index contributed by atoms with van der Waals surface area (Å²) in [5.74, 6) is 1.19. The van der Waals surface area contributed by atoms with Crippen LogP contribution in [0, 0.1) is 10.1 Å². The van der Waals surface area contributed by atoms with Gasteiger partial charge in [-0.2, -0.15) is 11.8 Å². The van der Waals surface area contributed by atoms with Crippen LogP contribution in [-0.2, 0) is 5.75 Å². The van der Waals surface area contributed by atoms with Crippen molar-refractivity contribution in [3.63, 3.8) is 0 Å². The number of nitro benzene ring substituents is 1. The van der Waals surface area contributed by atoms with Crippen molar-refractivity contribution in [2.45, 2.75) is 5.75 Å². The van der Waals surface area contributed by atoms with Crippen LogP contribution < -0.4 is 9.64 Å². The molecule has 1 aliphatic heterocycles. The molecule has 2 aromatic carbocycles. The largest absolute Gasteiger partial charge is 0.490 e. The molecule has 3 rings (SSSR count). The molecule has 2 aromatic rings. The molecule has 0 atom stereocenters. The molecule has 1 heterocycles. The maximum Gasteiger partial charge on any atom is 0.271 e. The van der Waals surface area contributed by atoms with Gasteiger partial charge >= 0.3 is 0 Å². The van der Waals surface area contributed by atoms with E-state index in [4.69, 9.17) is 4.74 Å². The molecule has 124 valence electrons. The SMILES string of the molecule is CSCc1ccc(C(=O)N2CCOc3ccc([N+](=O)[O-])cc32)cc1. The third kappa shape index (κ3) is 3.21. The maximum absolute atomic E-state index is 12.8. The van der Waals surface area contributed by atoms with Gasteiger partial charge in [0, 0.05) is 23.4 Å². The van der Waals surface area contributed by atoms with Crippen molar-refractivity contribution >= 4 is 29.0 Å². The first kappa shape index (κ1) is 16.3. The van der Waals surface area contributed by atoms with Crippen LogP contribution in [0.25, 0.3) is 0 Å². The Bertz CT molecular complexity index is 777. The zero-order valence-corrected chi connectivity index (χ0v) is 13.9. The highest BCUT2D eigenvalue weighted by atomic mass is 32.2. The number of carbonyl (C=O) groups excluding carboxylic acids is 1. The molecule has 0 saturated carbocycles. The van der Waals surface area contributed by atoms with Crippen molar-refractivity contribution in [3.8, 4) is 5.75 Å². The van der Waals surface area contributed by atoms with E-state index in [1.807, 2.05) is 18.4 Å². The van der Waals surface area contributed by atoms with E-state index in [-0.39, 0.29) is 11.6 Å². The van der Waals surface area contributed by atoms with Crippen LogP contribution in [0.4, 0.5) is 11.4 Å². The van der Waals surface area contributed by atoms with Crippen LogP contribution in [0.5, 0.6) is 5.75 Å². The molecule has 0 radical (unpaired) electrons. The van der Waals surface area contributed by atoms with Gasteiger partial charge in [-0.15, -0.1) is 0 Å². The van der Waals surface area contributed by atoms with Gasteiger partial charge in [-0.05, 0) is 30.0 Å². The molecule has 24 heavy (non-hydrogen) atoms. The number of thioether (sulfide) groups is 1. The Kier molecular flexibility index (Phi) is 4.71. The Morgan fingerprint density at radius 1 is 1.29 bits per heavy atom. The van der Waals surface area contributed by atoms with Crippen molar-refractivity contribution in [2.75, 3.05) is 24.3 Å². The molecule has 0 fully saturated rings. The predicted octanol–water partition coefficient (Wildman–Crippen LogP) is 3.50. The molecule has 1 aliphatic rings. The van der Waals surface area contributed by atoms with Crippen LogP contribution in [0.3, 0.4) is 0 Å². The molecule has 6 nitrogen and oxygen atoms in total. The van der Waals surface area contributed by atoms with E-state index in [2.05, 4.69) is 0 Å². The van der Waals surface area contributed by atoms with Crippen LogP contribution in [-0.4, -0.2) is 30.2 Å². The van der Waals surface area contributed by atoms with E-state index >= 15 is 0 Å². The second-order valence-electron chi connectivity index (χ2n) is 5.34. The molecular weight excluding hydrogens is 328 g/mol. The summed E-state index contributed by atoms with van der Waals surface area (Å²) in [7, 11) is 0. The van der Waals surface area contributed by atoms with E-state index < -0.39 is 4.92 Å². The number of ether oxygens (including phenoxy) is 1. The number of rotatable bonds is 4. The van der Waals surface area contributed by atoms with Gasteiger partial charge < -0.3 is 9.64 Å². The van der Waals surface area contributed by atoms with Crippen LogP contribution in [0.1, 0.15) is 15.9 Å². The van der Waals surface area contributed by atoms with Crippen molar-refractivity contribution in [3.05, 3.63) is 63.7 Å². The molecule has 0 aliphatic carbocycles. The fourth-order valence-corrected chi connectivity index (χ4v) is 3.12. The normalized spacial score (nSPS) is 13.1. The van der Waals surface area contributed by atoms with E-state index in [0.717, 1.165) is 11.3 Å². The number of amides is 1. The van der Waals surface area contributed by atoms with Gasteiger partial charge in [-0.1, -0.05) is 12.1 Å². The molecule has 0 aromatic heterocycles. The number of nitrogens with zero attached hydrogens (tertiary/aromatic N) is 2. The lowest BCUT2D eigenvalue weighted by Gasteiger charge is -2.29. The summed E-state index contributed by atoms with van der Waals surface area (Å²) < 4.78 is 5.51. The smallest absolute Gasteiger partial charge is 0.271 e. The number of carbonyl (C=O) groups is 1. The van der Waals surface area contributed by atoms with Gasteiger partial charge in [0.15, 0.2) is 0 Å². The number of anilines is 1. The number of fused-ring (bicyclic) bond motifs is 1. The highest BCUT2D eigenvalue weighted by Crippen LogP contribution is 2.35. The van der Waals surface area contributed by atoms with Gasteiger partial charge in [-0.25, -0.2) is 0 Å². The van der Waals surface area contributed by atoms with E-state index in [0.29, 0.717) is 30.2 Å². The van der Waals surface area contributed by atoms with Gasteiger partial charge in [-0.3, -0.25) is 14.9 Å². The summed E-state index contributed by atoms with van der Waals surface area (Å²) in [6.07, 6.45) is 2.02. The highest BCUT2D eigenvalue weighted by molar-refractivity contribution is 7.97. The summed E-state index contributed by atoms with van der Waals surface area (Å²) in [6, 6.07) is 11.7. The molecule has 7 heteroatoms. The van der Waals surface area contributed by atoms with Crippen molar-refractivity contribution < 1.29 is 14.5 Å². The third-order valence-electron chi connectivity index (χ3n) is 3.77. The Morgan fingerprint density at radius 2 is 2.04 bits per heavy atom. The van der Waals surface area contributed by atoms with E-state index in [1.54, 1.807) is 23.9 Å².